The second-order valence-electron chi connectivity index (χ2n) is 15.4. The Morgan fingerprint density at radius 2 is 1.75 bits per heavy atom. The van der Waals surface area contributed by atoms with E-state index < -0.39 is 22.9 Å². The van der Waals surface area contributed by atoms with Crippen LogP contribution < -0.4 is 10.3 Å². The van der Waals surface area contributed by atoms with Crippen molar-refractivity contribution in [1.82, 2.24) is 0 Å². The zero-order chi connectivity index (χ0) is 38.6. The highest BCUT2D eigenvalue weighted by molar-refractivity contribution is 6.14. The van der Waals surface area contributed by atoms with Crippen molar-refractivity contribution in [1.29, 1.82) is 0 Å². The zero-order valence-electron chi connectivity index (χ0n) is 31.6. The summed E-state index contributed by atoms with van der Waals surface area (Å²) in [7, 11) is 3.10. The summed E-state index contributed by atoms with van der Waals surface area (Å²) in [5.41, 5.74) is 3.32. The Bertz CT molecular complexity index is 2300. The predicted octanol–water partition coefficient (Wildman–Crippen LogP) is 7.07. The van der Waals surface area contributed by atoms with Crippen molar-refractivity contribution in [2.75, 3.05) is 52.0 Å². The number of nitrogens with zero attached hydrogens (tertiary/aromatic N) is 1. The van der Waals surface area contributed by atoms with Gasteiger partial charge in [-0.3, -0.25) is 14.4 Å². The number of para-hydroxylation sites is 1. The Hall–Kier alpha value is -5.26. The molecule has 1 saturated carbocycles. The minimum absolute atomic E-state index is 0.00878. The summed E-state index contributed by atoms with van der Waals surface area (Å²) in [6.45, 7) is 11.0. The number of ether oxygens (including phenoxy) is 4. The molecule has 0 N–H and O–H groups in total. The number of Topliss-reactive ketones (excluding diaryl/α,β-unsaturated/α-hetero) is 2. The molecule has 9 rings (SSSR count). The fourth-order valence-corrected chi connectivity index (χ4v) is 9.62. The highest BCUT2D eigenvalue weighted by Crippen LogP contribution is 2.62. The zero-order valence-corrected chi connectivity index (χ0v) is 31.6. The number of hydrogen-bond donors (Lipinski definition) is 0. The number of fused-ring (bicyclic) bond motifs is 4. The molecule has 11 heteroatoms. The van der Waals surface area contributed by atoms with E-state index in [9.17, 15) is 19.2 Å². The number of allylic oxidation sites excluding steroid dienone is 2. The standard InChI is InChI=1S/C25H28O7.C19H17NO3/c1-12(30-5)13-9-24(2)15(7-6-8-16(24)26)18-19(13)25(3)17(11-29-4)32-23(28)14-10-31-22(20(14)25)21(18)27;21-17-13-18(20-9-11-22-12-10-20)23-19-15(7-4-8-16(17)19)14-5-2-1-3-6-14/h10,13,15,17H,1,6-9,11H2,2-5H3;1-8,13H,9-12H2/t13-,15?,17+,24-,25+;/m0./s1. The molecule has 2 aromatic carbocycles. The second-order valence-corrected chi connectivity index (χ2v) is 15.4. The van der Waals surface area contributed by atoms with Crippen molar-refractivity contribution in [3.63, 3.8) is 0 Å². The monoisotopic (exact) mass is 747 g/mol. The lowest BCUT2D eigenvalue weighted by molar-refractivity contribution is -0.134. The Kier molecular flexibility index (Phi) is 9.41. The molecule has 1 unspecified atom stereocenters. The van der Waals surface area contributed by atoms with Crippen molar-refractivity contribution in [3.05, 3.63) is 111 Å². The first-order valence-corrected chi connectivity index (χ1v) is 18.8. The first-order valence-electron chi connectivity index (χ1n) is 18.8. The number of morpholine rings is 1. The van der Waals surface area contributed by atoms with Gasteiger partial charge in [-0.05, 0) is 43.4 Å². The fraction of sp³-hybridized carbons (Fsp3) is 0.409. The molecule has 11 nitrogen and oxygen atoms in total. The largest absolute Gasteiger partial charge is 0.501 e. The van der Waals surface area contributed by atoms with E-state index in [1.165, 1.54) is 6.26 Å². The number of carbonyl (C=O) groups is 3. The van der Waals surface area contributed by atoms with Crippen LogP contribution in [-0.4, -0.2) is 70.8 Å². The topological polar surface area (TPSA) is 135 Å². The molecular weight excluding hydrogens is 702 g/mol. The van der Waals surface area contributed by atoms with Crippen molar-refractivity contribution < 1.29 is 42.2 Å². The van der Waals surface area contributed by atoms with Crippen LogP contribution in [0, 0.1) is 17.3 Å². The van der Waals surface area contributed by atoms with E-state index in [0.717, 1.165) is 42.6 Å². The summed E-state index contributed by atoms with van der Waals surface area (Å²) in [6, 6.07) is 17.3. The molecule has 4 aromatic rings. The van der Waals surface area contributed by atoms with Gasteiger partial charge in [0.2, 0.25) is 5.78 Å². The van der Waals surface area contributed by atoms with Gasteiger partial charge in [0.25, 0.3) is 0 Å². The number of benzene rings is 2. The van der Waals surface area contributed by atoms with E-state index in [1.807, 2.05) is 62.4 Å². The van der Waals surface area contributed by atoms with Crippen LogP contribution in [0.4, 0.5) is 5.88 Å². The lowest BCUT2D eigenvalue weighted by Gasteiger charge is -2.55. The lowest BCUT2D eigenvalue weighted by atomic mass is 9.48. The molecule has 0 radical (unpaired) electrons. The lowest BCUT2D eigenvalue weighted by Crippen LogP contribution is -2.57. The van der Waals surface area contributed by atoms with Gasteiger partial charge in [0, 0.05) is 66.6 Å². The highest BCUT2D eigenvalue weighted by atomic mass is 16.6. The van der Waals surface area contributed by atoms with Crippen LogP contribution in [-0.2, 0) is 29.2 Å². The summed E-state index contributed by atoms with van der Waals surface area (Å²) in [5.74, 6) is 0.0712. The smallest absolute Gasteiger partial charge is 0.342 e. The molecule has 3 aliphatic carbocycles. The number of carbonyl (C=O) groups excluding carboxylic acids is 3. The quantitative estimate of drug-likeness (QED) is 0.148. The second kappa shape index (κ2) is 14.1. The van der Waals surface area contributed by atoms with Crippen molar-refractivity contribution in [3.8, 4) is 11.1 Å². The van der Waals surface area contributed by atoms with Gasteiger partial charge in [-0.1, -0.05) is 56.0 Å². The molecule has 2 aliphatic heterocycles. The SMILES string of the molecule is C=C(OC)[C@@H]1C[C@]2(C)C(=O)CCCC2C2=C1[C@]1(C)c3c(coc3C2=O)C(=O)O[C@@H]1COC.O=c1cc(N2CCOCC2)oc2c(-c3ccccc3)cccc12. The molecular formula is C44H45NO10. The van der Waals surface area contributed by atoms with Gasteiger partial charge < -0.3 is 32.7 Å². The van der Waals surface area contributed by atoms with Crippen LogP contribution >= 0.6 is 0 Å². The Morgan fingerprint density at radius 3 is 2.47 bits per heavy atom. The number of anilines is 1. The van der Waals surface area contributed by atoms with E-state index in [-0.39, 0.29) is 46.8 Å². The maximum Gasteiger partial charge on any atom is 0.342 e. The molecule has 5 aliphatic rings. The molecule has 2 aromatic heterocycles. The number of methoxy groups -OCH3 is 2. The average molecular weight is 748 g/mol. The molecule has 0 amide bonds. The van der Waals surface area contributed by atoms with Crippen LogP contribution in [0.15, 0.2) is 98.0 Å². The third-order valence-corrected chi connectivity index (χ3v) is 12.5. The van der Waals surface area contributed by atoms with E-state index in [1.54, 1.807) is 20.3 Å². The van der Waals surface area contributed by atoms with Gasteiger partial charge in [0.1, 0.15) is 29.3 Å². The maximum absolute atomic E-state index is 13.9. The summed E-state index contributed by atoms with van der Waals surface area (Å²) in [6.07, 6.45) is 3.15. The van der Waals surface area contributed by atoms with Gasteiger partial charge >= 0.3 is 5.97 Å². The Morgan fingerprint density at radius 1 is 0.982 bits per heavy atom. The van der Waals surface area contributed by atoms with Crippen molar-refractivity contribution in [2.24, 2.45) is 17.3 Å². The van der Waals surface area contributed by atoms with E-state index in [4.69, 9.17) is 27.8 Å². The molecule has 4 heterocycles. The Labute approximate surface area is 318 Å². The van der Waals surface area contributed by atoms with Crippen LogP contribution in [0.2, 0.25) is 0 Å². The minimum atomic E-state index is -0.862. The number of cyclic esters (lactones) is 1. The number of furan rings is 1. The molecule has 1 saturated heterocycles. The van der Waals surface area contributed by atoms with Crippen LogP contribution in [0.3, 0.4) is 0 Å². The number of hydrogen-bond acceptors (Lipinski definition) is 11. The average Bonchev–Trinajstić information content (AvgIpc) is 3.67. The van der Waals surface area contributed by atoms with Gasteiger partial charge in [-0.2, -0.15) is 0 Å². The molecule has 0 bridgehead atoms. The third-order valence-electron chi connectivity index (χ3n) is 12.5. The number of rotatable bonds is 6. The molecule has 286 valence electrons. The maximum atomic E-state index is 13.9. The predicted molar refractivity (Wildman–Crippen MR) is 204 cm³/mol. The normalized spacial score (nSPS) is 27.0. The van der Waals surface area contributed by atoms with Gasteiger partial charge in [-0.25, -0.2) is 4.79 Å². The van der Waals surface area contributed by atoms with E-state index in [2.05, 4.69) is 11.5 Å². The van der Waals surface area contributed by atoms with E-state index >= 15 is 0 Å². The first kappa shape index (κ1) is 36.7. The van der Waals surface area contributed by atoms with Gasteiger partial charge in [0.05, 0.1) is 43.5 Å². The van der Waals surface area contributed by atoms with Crippen LogP contribution in [0.5, 0.6) is 0 Å². The number of esters is 1. The Balaban J connectivity index is 0.000000164. The molecule has 5 atom stereocenters. The first-order chi connectivity index (χ1) is 26.5. The van der Waals surface area contributed by atoms with Gasteiger partial charge in [-0.15, -0.1) is 0 Å². The van der Waals surface area contributed by atoms with Crippen molar-refractivity contribution in [2.45, 2.75) is 51.0 Å². The summed E-state index contributed by atoms with van der Waals surface area (Å²) < 4.78 is 34.1. The fourth-order valence-electron chi connectivity index (χ4n) is 9.62. The minimum Gasteiger partial charge on any atom is -0.501 e. The third kappa shape index (κ3) is 5.78. The number of ketones is 2. The molecule has 2 fully saturated rings. The summed E-state index contributed by atoms with van der Waals surface area (Å²) in [5, 5.41) is 0.614. The van der Waals surface area contributed by atoms with Crippen LogP contribution in [0.25, 0.3) is 22.1 Å². The summed E-state index contributed by atoms with van der Waals surface area (Å²) >= 11 is 0. The summed E-state index contributed by atoms with van der Waals surface area (Å²) in [4.78, 5) is 54.4. The van der Waals surface area contributed by atoms with Crippen molar-refractivity contribution >= 4 is 34.4 Å². The molecule has 0 spiro atoms. The highest BCUT2D eigenvalue weighted by Gasteiger charge is 2.63. The van der Waals surface area contributed by atoms with E-state index in [0.29, 0.717) is 59.8 Å². The van der Waals surface area contributed by atoms with Gasteiger partial charge in [0.15, 0.2) is 17.1 Å². The molecule has 55 heavy (non-hydrogen) atoms. The van der Waals surface area contributed by atoms with Crippen LogP contribution in [0.1, 0.15) is 66.0 Å².